The Labute approximate surface area is 101 Å². The molecule has 16 heavy (non-hydrogen) atoms. The van der Waals surface area contributed by atoms with Crippen molar-refractivity contribution in [2.75, 3.05) is 26.4 Å². The molecule has 0 heterocycles. The monoisotopic (exact) mass is 243 g/mol. The van der Waals surface area contributed by atoms with E-state index < -0.39 is 0 Å². The van der Waals surface area contributed by atoms with Crippen molar-refractivity contribution in [3.8, 4) is 0 Å². The molecule has 0 saturated carbocycles. The third-order valence-corrected chi connectivity index (χ3v) is 2.63. The van der Waals surface area contributed by atoms with Crippen LogP contribution in [0.5, 0.6) is 0 Å². The lowest BCUT2D eigenvalue weighted by Gasteiger charge is -2.07. The molecular weight excluding hydrogens is 226 g/mol. The molecule has 2 N–H and O–H groups in total. The summed E-state index contributed by atoms with van der Waals surface area (Å²) in [6.07, 6.45) is 0. The van der Waals surface area contributed by atoms with Gasteiger partial charge in [0.25, 0.3) is 0 Å². The second kappa shape index (κ2) is 7.63. The largest absolute Gasteiger partial charge is 0.394 e. The lowest BCUT2D eigenvalue weighted by atomic mass is 10.1. The Kier molecular flexibility index (Phi) is 6.42. The predicted molar refractivity (Wildman–Crippen MR) is 65.8 cm³/mol. The first-order valence-electron chi connectivity index (χ1n) is 5.38. The molecular formula is C12H18ClNO2. The molecule has 4 heteroatoms. The average Bonchev–Trinajstić information content (AvgIpc) is 2.28. The maximum Gasteiger partial charge on any atom is 0.0698 e. The fourth-order valence-electron chi connectivity index (χ4n) is 1.36. The first-order valence-corrected chi connectivity index (χ1v) is 5.76. The van der Waals surface area contributed by atoms with Crippen molar-refractivity contribution in [2.45, 2.75) is 13.5 Å². The van der Waals surface area contributed by atoms with Crippen LogP contribution in [-0.4, -0.2) is 31.5 Å². The summed E-state index contributed by atoms with van der Waals surface area (Å²) in [5, 5.41) is 12.6. The Morgan fingerprint density at radius 1 is 1.38 bits per heavy atom. The Hall–Kier alpha value is -0.610. The average molecular weight is 244 g/mol. The highest BCUT2D eigenvalue weighted by atomic mass is 35.5. The summed E-state index contributed by atoms with van der Waals surface area (Å²) in [5.74, 6) is 0. The molecule has 0 atom stereocenters. The lowest BCUT2D eigenvalue weighted by Crippen LogP contribution is -2.20. The number of hydrogen-bond donors (Lipinski definition) is 2. The maximum atomic E-state index is 8.50. The molecule has 0 spiro atoms. The molecule has 0 aliphatic heterocycles. The number of aliphatic hydroxyl groups is 1. The molecule has 90 valence electrons. The quantitative estimate of drug-likeness (QED) is 0.717. The fourth-order valence-corrected chi connectivity index (χ4v) is 1.48. The van der Waals surface area contributed by atoms with Crippen molar-refractivity contribution < 1.29 is 9.84 Å². The molecule has 1 rings (SSSR count). The summed E-state index contributed by atoms with van der Waals surface area (Å²) in [6, 6.07) is 6.00. The third kappa shape index (κ3) is 4.94. The van der Waals surface area contributed by atoms with Crippen LogP contribution in [0.15, 0.2) is 18.2 Å². The maximum absolute atomic E-state index is 8.50. The minimum absolute atomic E-state index is 0.0797. The van der Waals surface area contributed by atoms with E-state index in [0.29, 0.717) is 13.2 Å². The van der Waals surface area contributed by atoms with Crippen LogP contribution in [0.25, 0.3) is 0 Å². The van der Waals surface area contributed by atoms with Crippen LogP contribution in [0.4, 0.5) is 0 Å². The standard InChI is InChI=1S/C12H18ClNO2/c1-10-8-11(2-3-12(10)13)9-14-4-6-16-7-5-15/h2-3,8,14-15H,4-7,9H2,1H3. The Morgan fingerprint density at radius 2 is 2.19 bits per heavy atom. The molecule has 0 bridgehead atoms. The van der Waals surface area contributed by atoms with E-state index in [1.807, 2.05) is 19.1 Å². The molecule has 0 amide bonds. The van der Waals surface area contributed by atoms with Crippen LogP contribution in [0, 0.1) is 6.92 Å². The number of hydrogen-bond acceptors (Lipinski definition) is 3. The number of rotatable bonds is 7. The summed E-state index contributed by atoms with van der Waals surface area (Å²) < 4.78 is 5.13. The highest BCUT2D eigenvalue weighted by Crippen LogP contribution is 2.15. The zero-order valence-electron chi connectivity index (χ0n) is 9.50. The third-order valence-electron chi connectivity index (χ3n) is 2.21. The zero-order chi connectivity index (χ0) is 11.8. The van der Waals surface area contributed by atoms with Gasteiger partial charge in [-0.25, -0.2) is 0 Å². The van der Waals surface area contributed by atoms with E-state index in [4.69, 9.17) is 21.4 Å². The number of aryl methyl sites for hydroxylation is 1. The lowest BCUT2D eigenvalue weighted by molar-refractivity contribution is 0.0938. The molecule has 0 unspecified atom stereocenters. The van der Waals surface area contributed by atoms with Gasteiger partial charge in [0.2, 0.25) is 0 Å². The second-order valence-electron chi connectivity index (χ2n) is 3.60. The molecule has 1 aromatic rings. The molecule has 0 aliphatic rings. The second-order valence-corrected chi connectivity index (χ2v) is 4.00. The van der Waals surface area contributed by atoms with Crippen LogP contribution < -0.4 is 5.32 Å². The number of aliphatic hydroxyl groups excluding tert-OH is 1. The molecule has 1 aromatic carbocycles. The van der Waals surface area contributed by atoms with Crippen molar-refractivity contribution >= 4 is 11.6 Å². The smallest absolute Gasteiger partial charge is 0.0698 e. The van der Waals surface area contributed by atoms with Crippen LogP contribution in [0.2, 0.25) is 5.02 Å². The summed E-state index contributed by atoms with van der Waals surface area (Å²) >= 11 is 5.94. The molecule has 0 fully saturated rings. The van der Waals surface area contributed by atoms with E-state index in [1.165, 1.54) is 5.56 Å². The van der Waals surface area contributed by atoms with Gasteiger partial charge in [-0.2, -0.15) is 0 Å². The first kappa shape index (κ1) is 13.5. The van der Waals surface area contributed by atoms with Crippen molar-refractivity contribution in [1.82, 2.24) is 5.32 Å². The highest BCUT2D eigenvalue weighted by Gasteiger charge is 1.97. The van der Waals surface area contributed by atoms with Gasteiger partial charge in [-0.3, -0.25) is 0 Å². The van der Waals surface area contributed by atoms with E-state index in [1.54, 1.807) is 0 Å². The normalized spacial score (nSPS) is 10.7. The van der Waals surface area contributed by atoms with Gasteiger partial charge in [-0.05, 0) is 24.1 Å². The Morgan fingerprint density at radius 3 is 2.88 bits per heavy atom. The Bertz CT molecular complexity index is 318. The first-order chi connectivity index (χ1) is 7.74. The summed E-state index contributed by atoms with van der Waals surface area (Å²) in [7, 11) is 0. The van der Waals surface area contributed by atoms with Gasteiger partial charge in [0, 0.05) is 18.1 Å². The van der Waals surface area contributed by atoms with E-state index in [9.17, 15) is 0 Å². The van der Waals surface area contributed by atoms with E-state index in [0.717, 1.165) is 23.7 Å². The van der Waals surface area contributed by atoms with Crippen LogP contribution >= 0.6 is 11.6 Å². The SMILES string of the molecule is Cc1cc(CNCCOCCO)ccc1Cl. The van der Waals surface area contributed by atoms with Crippen LogP contribution in [0.1, 0.15) is 11.1 Å². The van der Waals surface area contributed by atoms with Gasteiger partial charge < -0.3 is 15.2 Å². The van der Waals surface area contributed by atoms with Gasteiger partial charge in [0.1, 0.15) is 0 Å². The van der Waals surface area contributed by atoms with Crippen molar-refractivity contribution in [2.24, 2.45) is 0 Å². The van der Waals surface area contributed by atoms with Crippen LogP contribution in [-0.2, 0) is 11.3 Å². The Balaban J connectivity index is 2.19. The van der Waals surface area contributed by atoms with Gasteiger partial charge in [-0.1, -0.05) is 23.7 Å². The van der Waals surface area contributed by atoms with E-state index in [2.05, 4.69) is 11.4 Å². The van der Waals surface area contributed by atoms with Crippen molar-refractivity contribution in [1.29, 1.82) is 0 Å². The zero-order valence-corrected chi connectivity index (χ0v) is 10.3. The van der Waals surface area contributed by atoms with Crippen LogP contribution in [0.3, 0.4) is 0 Å². The van der Waals surface area contributed by atoms with Gasteiger partial charge in [0.05, 0.1) is 19.8 Å². The molecule has 0 aromatic heterocycles. The van der Waals surface area contributed by atoms with Gasteiger partial charge in [-0.15, -0.1) is 0 Å². The fraction of sp³-hybridized carbons (Fsp3) is 0.500. The molecule has 0 radical (unpaired) electrons. The number of halogens is 1. The molecule has 0 saturated heterocycles. The van der Waals surface area contributed by atoms with Crippen molar-refractivity contribution in [3.05, 3.63) is 34.3 Å². The molecule has 0 aliphatic carbocycles. The summed E-state index contributed by atoms with van der Waals surface area (Å²) in [6.45, 7) is 4.68. The van der Waals surface area contributed by atoms with E-state index >= 15 is 0 Å². The number of benzene rings is 1. The minimum Gasteiger partial charge on any atom is -0.394 e. The number of nitrogens with one attached hydrogen (secondary N) is 1. The van der Waals surface area contributed by atoms with Gasteiger partial charge >= 0.3 is 0 Å². The summed E-state index contributed by atoms with van der Waals surface area (Å²) in [4.78, 5) is 0. The highest BCUT2D eigenvalue weighted by molar-refractivity contribution is 6.31. The predicted octanol–water partition coefficient (Wildman–Crippen LogP) is 1.75. The molecule has 3 nitrogen and oxygen atoms in total. The minimum atomic E-state index is 0.0797. The van der Waals surface area contributed by atoms with Crippen molar-refractivity contribution in [3.63, 3.8) is 0 Å². The van der Waals surface area contributed by atoms with Gasteiger partial charge in [0.15, 0.2) is 0 Å². The summed E-state index contributed by atoms with van der Waals surface area (Å²) in [5.41, 5.74) is 2.31. The topological polar surface area (TPSA) is 41.5 Å². The number of ether oxygens (including phenoxy) is 1. The van der Waals surface area contributed by atoms with E-state index in [-0.39, 0.29) is 6.61 Å².